The molecule has 0 atom stereocenters. The molecule has 0 aliphatic heterocycles. The van der Waals surface area contributed by atoms with Gasteiger partial charge in [-0.25, -0.2) is 0 Å². The molecular weight excluding hydrogens is 273 g/mol. The van der Waals surface area contributed by atoms with Gasteiger partial charge in [0.2, 0.25) is 0 Å². The second-order valence-electron chi connectivity index (χ2n) is 3.07. The highest BCUT2D eigenvalue weighted by molar-refractivity contribution is 14.1. The zero-order valence-electron chi connectivity index (χ0n) is 7.34. The van der Waals surface area contributed by atoms with Crippen LogP contribution < -0.4 is 0 Å². The molecule has 1 nitrogen and oxygen atoms in total. The summed E-state index contributed by atoms with van der Waals surface area (Å²) in [6, 6.07) is 10.6. The molecule has 0 unspecified atom stereocenters. The number of benzene rings is 1. The maximum absolute atomic E-state index is 3.23. The van der Waals surface area contributed by atoms with Crippen LogP contribution in [0, 0.1) is 10.5 Å². The van der Waals surface area contributed by atoms with E-state index < -0.39 is 0 Å². The van der Waals surface area contributed by atoms with Gasteiger partial charge in [-0.05, 0) is 41.1 Å². The van der Waals surface area contributed by atoms with Crippen molar-refractivity contribution in [3.8, 4) is 11.3 Å². The lowest BCUT2D eigenvalue weighted by atomic mass is 10.1. The number of hydrogen-bond donors (Lipinski definition) is 1. The summed E-state index contributed by atoms with van der Waals surface area (Å²) in [5, 5.41) is 0. The Hall–Kier alpha value is -0.770. The Morgan fingerprint density at radius 3 is 2.31 bits per heavy atom. The van der Waals surface area contributed by atoms with E-state index in [1.807, 2.05) is 6.20 Å². The minimum absolute atomic E-state index is 1.21. The van der Waals surface area contributed by atoms with Crippen LogP contribution in [0.25, 0.3) is 11.3 Å². The van der Waals surface area contributed by atoms with E-state index in [2.05, 4.69) is 64.8 Å². The number of hydrogen-bond acceptors (Lipinski definition) is 0. The van der Waals surface area contributed by atoms with Crippen molar-refractivity contribution in [1.29, 1.82) is 0 Å². The Kier molecular flexibility index (Phi) is 2.40. The lowest BCUT2D eigenvalue weighted by molar-refractivity contribution is 1.38. The summed E-state index contributed by atoms with van der Waals surface area (Å²) in [6.07, 6.45) is 1.97. The molecule has 2 rings (SSSR count). The Morgan fingerprint density at radius 1 is 1.08 bits per heavy atom. The fraction of sp³-hybridized carbons (Fsp3) is 0.0909. The summed E-state index contributed by atoms with van der Waals surface area (Å²) in [4.78, 5) is 3.23. The number of nitrogens with one attached hydrogen (secondary N) is 1. The molecule has 2 aromatic rings. The van der Waals surface area contributed by atoms with Gasteiger partial charge in [-0.1, -0.05) is 29.8 Å². The van der Waals surface area contributed by atoms with E-state index in [0.717, 1.165) is 0 Å². The predicted octanol–water partition coefficient (Wildman–Crippen LogP) is 3.59. The Bertz CT molecular complexity index is 400. The molecule has 2 heteroatoms. The van der Waals surface area contributed by atoms with E-state index in [4.69, 9.17) is 0 Å². The average molecular weight is 283 g/mol. The van der Waals surface area contributed by atoms with E-state index in [-0.39, 0.29) is 0 Å². The van der Waals surface area contributed by atoms with Crippen LogP contribution in [0.1, 0.15) is 5.56 Å². The maximum Gasteiger partial charge on any atom is 0.0589 e. The first kappa shape index (κ1) is 8.81. The van der Waals surface area contributed by atoms with Crippen LogP contribution in [-0.4, -0.2) is 4.98 Å². The Labute approximate surface area is 91.3 Å². The molecule has 0 aliphatic rings. The lowest BCUT2D eigenvalue weighted by Crippen LogP contribution is -1.80. The molecule has 66 valence electrons. The number of aromatic amines is 1. The molecule has 0 aliphatic carbocycles. The summed E-state index contributed by atoms with van der Waals surface area (Å²) >= 11 is 2.34. The predicted molar refractivity (Wildman–Crippen MR) is 63.7 cm³/mol. The number of aryl methyl sites for hydroxylation is 1. The molecule has 0 fully saturated rings. The number of rotatable bonds is 1. The van der Waals surface area contributed by atoms with Crippen LogP contribution in [-0.2, 0) is 0 Å². The van der Waals surface area contributed by atoms with E-state index in [1.165, 1.54) is 20.4 Å². The van der Waals surface area contributed by atoms with Crippen molar-refractivity contribution in [2.45, 2.75) is 6.92 Å². The Balaban J connectivity index is 2.47. The molecule has 0 saturated carbocycles. The van der Waals surface area contributed by atoms with Crippen molar-refractivity contribution < 1.29 is 0 Å². The van der Waals surface area contributed by atoms with Crippen LogP contribution in [0.5, 0.6) is 0 Å². The molecule has 0 spiro atoms. The first-order chi connectivity index (χ1) is 6.27. The first-order valence-corrected chi connectivity index (χ1v) is 5.25. The van der Waals surface area contributed by atoms with Gasteiger partial charge in [0.1, 0.15) is 0 Å². The van der Waals surface area contributed by atoms with Gasteiger partial charge in [-0.15, -0.1) is 0 Å². The van der Waals surface area contributed by atoms with Crippen molar-refractivity contribution in [3.05, 3.63) is 45.7 Å². The van der Waals surface area contributed by atoms with Gasteiger partial charge in [-0.2, -0.15) is 0 Å². The molecule has 1 aromatic carbocycles. The summed E-state index contributed by atoms with van der Waals surface area (Å²) in [7, 11) is 0. The SMILES string of the molecule is Cc1ccc(-c2[nH]ccc2I)cc1. The van der Waals surface area contributed by atoms with E-state index in [9.17, 15) is 0 Å². The Morgan fingerprint density at radius 2 is 1.77 bits per heavy atom. The van der Waals surface area contributed by atoms with Crippen molar-refractivity contribution >= 4 is 22.6 Å². The van der Waals surface area contributed by atoms with Crippen LogP contribution in [0.2, 0.25) is 0 Å². The maximum atomic E-state index is 3.23. The summed E-state index contributed by atoms with van der Waals surface area (Å²) in [5.41, 5.74) is 3.76. The topological polar surface area (TPSA) is 15.8 Å². The van der Waals surface area contributed by atoms with E-state index in [1.54, 1.807) is 0 Å². The molecule has 1 N–H and O–H groups in total. The summed E-state index contributed by atoms with van der Waals surface area (Å²) in [6.45, 7) is 2.10. The van der Waals surface area contributed by atoms with E-state index >= 15 is 0 Å². The summed E-state index contributed by atoms with van der Waals surface area (Å²) < 4.78 is 1.27. The fourth-order valence-corrected chi connectivity index (χ4v) is 1.94. The first-order valence-electron chi connectivity index (χ1n) is 4.17. The smallest absolute Gasteiger partial charge is 0.0589 e. The van der Waals surface area contributed by atoms with Gasteiger partial charge in [0, 0.05) is 9.77 Å². The monoisotopic (exact) mass is 283 g/mol. The van der Waals surface area contributed by atoms with E-state index in [0.29, 0.717) is 0 Å². The second kappa shape index (κ2) is 3.54. The van der Waals surface area contributed by atoms with Gasteiger partial charge < -0.3 is 4.98 Å². The molecule has 0 saturated heterocycles. The van der Waals surface area contributed by atoms with Crippen LogP contribution in [0.3, 0.4) is 0 Å². The molecular formula is C11H10IN. The third-order valence-corrected chi connectivity index (χ3v) is 2.94. The van der Waals surface area contributed by atoms with Gasteiger partial charge in [-0.3, -0.25) is 0 Å². The minimum Gasteiger partial charge on any atom is -0.360 e. The van der Waals surface area contributed by atoms with Crippen LogP contribution in [0.4, 0.5) is 0 Å². The summed E-state index contributed by atoms with van der Waals surface area (Å²) in [5.74, 6) is 0. The fourth-order valence-electron chi connectivity index (χ4n) is 1.29. The van der Waals surface area contributed by atoms with Crippen LogP contribution in [0.15, 0.2) is 36.5 Å². The van der Waals surface area contributed by atoms with Gasteiger partial charge in [0.05, 0.1) is 5.69 Å². The number of H-pyrrole nitrogens is 1. The van der Waals surface area contributed by atoms with Gasteiger partial charge in [0.25, 0.3) is 0 Å². The molecule has 13 heavy (non-hydrogen) atoms. The number of aromatic nitrogens is 1. The van der Waals surface area contributed by atoms with Crippen molar-refractivity contribution in [2.75, 3.05) is 0 Å². The molecule has 0 radical (unpaired) electrons. The van der Waals surface area contributed by atoms with Gasteiger partial charge in [0.15, 0.2) is 0 Å². The molecule has 1 aromatic heterocycles. The highest BCUT2D eigenvalue weighted by Crippen LogP contribution is 2.23. The third kappa shape index (κ3) is 1.77. The number of halogens is 1. The second-order valence-corrected chi connectivity index (χ2v) is 4.23. The zero-order chi connectivity index (χ0) is 9.26. The normalized spacial score (nSPS) is 10.3. The van der Waals surface area contributed by atoms with Crippen molar-refractivity contribution in [3.63, 3.8) is 0 Å². The molecule has 0 bridgehead atoms. The zero-order valence-corrected chi connectivity index (χ0v) is 9.50. The highest BCUT2D eigenvalue weighted by Gasteiger charge is 2.01. The van der Waals surface area contributed by atoms with Gasteiger partial charge >= 0.3 is 0 Å². The van der Waals surface area contributed by atoms with Crippen molar-refractivity contribution in [2.24, 2.45) is 0 Å². The molecule has 0 amide bonds. The minimum atomic E-state index is 1.21. The third-order valence-electron chi connectivity index (χ3n) is 2.04. The lowest BCUT2D eigenvalue weighted by Gasteiger charge is -1.99. The highest BCUT2D eigenvalue weighted by atomic mass is 127. The van der Waals surface area contributed by atoms with Crippen molar-refractivity contribution in [1.82, 2.24) is 4.98 Å². The van der Waals surface area contributed by atoms with Crippen LogP contribution >= 0.6 is 22.6 Å². The standard InChI is InChI=1S/C11H10IN/c1-8-2-4-9(5-3-8)11-10(12)6-7-13-11/h2-7,13H,1H3. The molecule has 1 heterocycles. The quantitative estimate of drug-likeness (QED) is 0.770. The average Bonchev–Trinajstić information content (AvgIpc) is 2.53. The largest absolute Gasteiger partial charge is 0.360 e.